The molecule has 18 heavy (non-hydrogen) atoms. The number of aryl methyl sites for hydroxylation is 1. The van der Waals surface area contributed by atoms with E-state index in [1.54, 1.807) is 32.9 Å². The Labute approximate surface area is 107 Å². The number of rotatable bonds is 4. The second kappa shape index (κ2) is 6.19. The van der Waals surface area contributed by atoms with Crippen LogP contribution in [-0.2, 0) is 9.47 Å². The van der Waals surface area contributed by atoms with E-state index in [1.807, 2.05) is 6.92 Å². The van der Waals surface area contributed by atoms with E-state index in [2.05, 4.69) is 0 Å². The molecule has 0 heterocycles. The molecule has 0 spiro atoms. The number of hydrogen-bond acceptors (Lipinski definition) is 4. The molecule has 0 saturated heterocycles. The van der Waals surface area contributed by atoms with Gasteiger partial charge in [0.2, 0.25) is 0 Å². The number of carbonyl (C=O) groups is 2. The number of ether oxygens (including phenoxy) is 2. The molecule has 0 radical (unpaired) electrons. The Morgan fingerprint density at radius 1 is 1.00 bits per heavy atom. The fraction of sp³-hybridized carbons (Fsp3) is 0.429. The summed E-state index contributed by atoms with van der Waals surface area (Å²) in [6.07, 6.45) is 0. The maximum Gasteiger partial charge on any atom is 0.339 e. The predicted molar refractivity (Wildman–Crippen MR) is 67.8 cm³/mol. The molecule has 0 unspecified atom stereocenters. The van der Waals surface area contributed by atoms with Crippen LogP contribution in [0.15, 0.2) is 12.1 Å². The van der Waals surface area contributed by atoms with Gasteiger partial charge in [-0.1, -0.05) is 6.07 Å². The van der Waals surface area contributed by atoms with E-state index in [4.69, 9.17) is 9.47 Å². The van der Waals surface area contributed by atoms with Gasteiger partial charge in [-0.25, -0.2) is 9.59 Å². The standard InChI is InChI=1S/C14H18O4/c1-5-17-13(15)11-8-7-9(3)10(4)12(11)14(16)18-6-2/h7-8H,5-6H2,1-4H3. The summed E-state index contributed by atoms with van der Waals surface area (Å²) in [5.41, 5.74) is 2.25. The molecule has 0 saturated carbocycles. The van der Waals surface area contributed by atoms with Gasteiger partial charge in [0.15, 0.2) is 0 Å². The van der Waals surface area contributed by atoms with Crippen molar-refractivity contribution in [1.29, 1.82) is 0 Å². The van der Waals surface area contributed by atoms with Crippen LogP contribution in [0, 0.1) is 13.8 Å². The molecule has 4 nitrogen and oxygen atoms in total. The molecule has 98 valence electrons. The maximum absolute atomic E-state index is 11.9. The molecule has 1 aromatic carbocycles. The highest BCUT2D eigenvalue weighted by Crippen LogP contribution is 2.20. The van der Waals surface area contributed by atoms with Crippen molar-refractivity contribution in [2.75, 3.05) is 13.2 Å². The largest absolute Gasteiger partial charge is 0.462 e. The van der Waals surface area contributed by atoms with Crippen molar-refractivity contribution in [3.63, 3.8) is 0 Å². The van der Waals surface area contributed by atoms with Crippen LogP contribution in [0.3, 0.4) is 0 Å². The topological polar surface area (TPSA) is 52.6 Å². The molecule has 0 aliphatic heterocycles. The lowest BCUT2D eigenvalue weighted by molar-refractivity contribution is 0.0478. The SMILES string of the molecule is CCOC(=O)c1ccc(C)c(C)c1C(=O)OCC. The van der Waals surface area contributed by atoms with Crippen LogP contribution in [-0.4, -0.2) is 25.2 Å². The maximum atomic E-state index is 11.9. The van der Waals surface area contributed by atoms with Crippen molar-refractivity contribution < 1.29 is 19.1 Å². The summed E-state index contributed by atoms with van der Waals surface area (Å²) >= 11 is 0. The second-order valence-electron chi connectivity index (χ2n) is 3.87. The van der Waals surface area contributed by atoms with E-state index in [0.29, 0.717) is 5.56 Å². The molecule has 4 heteroatoms. The highest BCUT2D eigenvalue weighted by atomic mass is 16.5. The Bertz CT molecular complexity index is 463. The Morgan fingerprint density at radius 3 is 2.11 bits per heavy atom. The van der Waals surface area contributed by atoms with E-state index < -0.39 is 11.9 Å². The smallest absolute Gasteiger partial charge is 0.339 e. The normalized spacial score (nSPS) is 10.0. The van der Waals surface area contributed by atoms with E-state index >= 15 is 0 Å². The third-order valence-electron chi connectivity index (χ3n) is 2.71. The third kappa shape index (κ3) is 2.88. The first-order valence-corrected chi connectivity index (χ1v) is 5.97. The lowest BCUT2D eigenvalue weighted by atomic mass is 9.97. The van der Waals surface area contributed by atoms with Gasteiger partial charge in [0.05, 0.1) is 24.3 Å². The van der Waals surface area contributed by atoms with Gasteiger partial charge in [0.25, 0.3) is 0 Å². The highest BCUT2D eigenvalue weighted by molar-refractivity contribution is 6.04. The minimum absolute atomic E-state index is 0.262. The van der Waals surface area contributed by atoms with Crippen LogP contribution in [0.2, 0.25) is 0 Å². The number of esters is 2. The highest BCUT2D eigenvalue weighted by Gasteiger charge is 2.22. The lowest BCUT2D eigenvalue weighted by Crippen LogP contribution is -2.16. The number of hydrogen-bond donors (Lipinski definition) is 0. The molecule has 1 rings (SSSR count). The Morgan fingerprint density at radius 2 is 1.56 bits per heavy atom. The summed E-state index contributed by atoms with van der Waals surface area (Å²) in [6.45, 7) is 7.68. The van der Waals surface area contributed by atoms with Crippen LogP contribution >= 0.6 is 0 Å². The van der Waals surface area contributed by atoms with Gasteiger partial charge in [-0.15, -0.1) is 0 Å². The molecule has 0 amide bonds. The van der Waals surface area contributed by atoms with Crippen LogP contribution in [0.5, 0.6) is 0 Å². The first kappa shape index (κ1) is 14.2. The molecule has 0 aromatic heterocycles. The van der Waals surface area contributed by atoms with Crippen molar-refractivity contribution >= 4 is 11.9 Å². The van der Waals surface area contributed by atoms with Gasteiger partial charge in [-0.2, -0.15) is 0 Å². The van der Waals surface area contributed by atoms with Crippen molar-refractivity contribution in [2.24, 2.45) is 0 Å². The van der Waals surface area contributed by atoms with Gasteiger partial charge in [-0.05, 0) is 44.9 Å². The summed E-state index contributed by atoms with van der Waals surface area (Å²) < 4.78 is 9.93. The van der Waals surface area contributed by atoms with Gasteiger partial charge >= 0.3 is 11.9 Å². The number of carbonyl (C=O) groups excluding carboxylic acids is 2. The molecule has 0 aliphatic rings. The average Bonchev–Trinajstić information content (AvgIpc) is 2.32. The first-order chi connectivity index (χ1) is 8.52. The Hall–Kier alpha value is -1.84. The minimum atomic E-state index is -0.497. The van der Waals surface area contributed by atoms with Crippen LogP contribution in [0.25, 0.3) is 0 Å². The van der Waals surface area contributed by atoms with E-state index in [1.165, 1.54) is 0 Å². The first-order valence-electron chi connectivity index (χ1n) is 5.97. The van der Waals surface area contributed by atoms with Crippen molar-refractivity contribution in [2.45, 2.75) is 27.7 Å². The average molecular weight is 250 g/mol. The summed E-state index contributed by atoms with van der Waals surface area (Å²) in [5, 5.41) is 0. The molecule has 1 aromatic rings. The zero-order valence-corrected chi connectivity index (χ0v) is 11.2. The zero-order chi connectivity index (χ0) is 13.7. The Kier molecular flexibility index (Phi) is 4.89. The fourth-order valence-electron chi connectivity index (χ4n) is 1.66. The molecule has 0 bridgehead atoms. The third-order valence-corrected chi connectivity index (χ3v) is 2.71. The predicted octanol–water partition coefficient (Wildman–Crippen LogP) is 2.66. The summed E-state index contributed by atoms with van der Waals surface area (Å²) in [7, 11) is 0. The quantitative estimate of drug-likeness (QED) is 0.771. The minimum Gasteiger partial charge on any atom is -0.462 e. The molecule has 0 fully saturated rings. The monoisotopic (exact) mass is 250 g/mol. The van der Waals surface area contributed by atoms with E-state index in [0.717, 1.165) is 11.1 Å². The van der Waals surface area contributed by atoms with Crippen LogP contribution in [0.1, 0.15) is 45.7 Å². The lowest BCUT2D eigenvalue weighted by Gasteiger charge is -2.12. The fourth-order valence-corrected chi connectivity index (χ4v) is 1.66. The molecule has 0 atom stereocenters. The van der Waals surface area contributed by atoms with Gasteiger partial charge in [0, 0.05) is 0 Å². The van der Waals surface area contributed by atoms with Crippen molar-refractivity contribution in [3.05, 3.63) is 34.4 Å². The summed E-state index contributed by atoms with van der Waals surface area (Å²) in [4.78, 5) is 23.7. The van der Waals surface area contributed by atoms with Crippen LogP contribution < -0.4 is 0 Å². The Balaban J connectivity index is 3.29. The van der Waals surface area contributed by atoms with Gasteiger partial charge in [0.1, 0.15) is 0 Å². The number of benzene rings is 1. The van der Waals surface area contributed by atoms with Gasteiger partial charge in [-0.3, -0.25) is 0 Å². The second-order valence-corrected chi connectivity index (χ2v) is 3.87. The van der Waals surface area contributed by atoms with Crippen LogP contribution in [0.4, 0.5) is 0 Å². The molecule has 0 N–H and O–H groups in total. The van der Waals surface area contributed by atoms with E-state index in [9.17, 15) is 9.59 Å². The van der Waals surface area contributed by atoms with Crippen molar-refractivity contribution in [3.8, 4) is 0 Å². The van der Waals surface area contributed by atoms with Crippen molar-refractivity contribution in [1.82, 2.24) is 0 Å². The summed E-state index contributed by atoms with van der Waals surface area (Å²) in [6, 6.07) is 3.40. The van der Waals surface area contributed by atoms with Gasteiger partial charge < -0.3 is 9.47 Å². The van der Waals surface area contributed by atoms with E-state index in [-0.39, 0.29) is 18.8 Å². The molecular weight excluding hydrogens is 232 g/mol. The zero-order valence-electron chi connectivity index (χ0n) is 11.2. The summed E-state index contributed by atoms with van der Waals surface area (Å²) in [5.74, 6) is -0.981. The molecular formula is C14H18O4. The molecule has 0 aliphatic carbocycles.